The number of piperazine rings is 1. The molecule has 1 aliphatic heterocycles. The lowest BCUT2D eigenvalue weighted by molar-refractivity contribution is -0.140. The van der Waals surface area contributed by atoms with Gasteiger partial charge in [0.1, 0.15) is 0 Å². The fourth-order valence-electron chi connectivity index (χ4n) is 3.15. The molecule has 0 radical (unpaired) electrons. The second-order valence-electron chi connectivity index (χ2n) is 5.95. The quantitative estimate of drug-likeness (QED) is 0.912. The summed E-state index contributed by atoms with van der Waals surface area (Å²) in [6, 6.07) is 8.13. The van der Waals surface area contributed by atoms with Gasteiger partial charge in [0, 0.05) is 26.2 Å². The third-order valence-corrected chi connectivity index (χ3v) is 4.42. The predicted octanol–water partition coefficient (Wildman–Crippen LogP) is 1.93. The first-order valence-electron chi connectivity index (χ1n) is 7.15. The minimum absolute atomic E-state index is 0.140. The van der Waals surface area contributed by atoms with Crippen molar-refractivity contribution in [3.05, 3.63) is 35.4 Å². The van der Waals surface area contributed by atoms with E-state index >= 15 is 0 Å². The molecule has 1 aliphatic rings. The fourth-order valence-corrected chi connectivity index (χ4v) is 3.15. The normalized spacial score (nSPS) is 20.6. The molecule has 1 N–H and O–H groups in total. The zero-order valence-electron chi connectivity index (χ0n) is 12.6. The Kier molecular flexibility index (Phi) is 4.45. The van der Waals surface area contributed by atoms with Crippen molar-refractivity contribution in [1.82, 2.24) is 9.80 Å². The number of aryl methyl sites for hydroxylation is 1. The molecular weight excluding hydrogens is 252 g/mol. The standard InChI is InChI=1S/C16H24N2O2/c1-13-6-4-5-7-14(13)16(2,12-15(19)20)18-10-8-17(3)9-11-18/h4-7H,8-12H2,1-3H3,(H,19,20). The minimum Gasteiger partial charge on any atom is -0.481 e. The van der Waals surface area contributed by atoms with Gasteiger partial charge >= 0.3 is 5.97 Å². The van der Waals surface area contributed by atoms with Gasteiger partial charge in [-0.2, -0.15) is 0 Å². The summed E-state index contributed by atoms with van der Waals surface area (Å²) in [5.41, 5.74) is 1.86. The molecule has 1 saturated heterocycles. The maximum atomic E-state index is 11.4. The number of hydrogen-bond acceptors (Lipinski definition) is 3. The smallest absolute Gasteiger partial charge is 0.305 e. The lowest BCUT2D eigenvalue weighted by Crippen LogP contribution is -2.54. The Labute approximate surface area is 121 Å². The van der Waals surface area contributed by atoms with Crippen molar-refractivity contribution in [1.29, 1.82) is 0 Å². The Morgan fingerprint density at radius 3 is 2.40 bits per heavy atom. The van der Waals surface area contributed by atoms with E-state index in [-0.39, 0.29) is 6.42 Å². The van der Waals surface area contributed by atoms with Crippen LogP contribution in [0.25, 0.3) is 0 Å². The lowest BCUT2D eigenvalue weighted by Gasteiger charge is -2.45. The average molecular weight is 276 g/mol. The monoisotopic (exact) mass is 276 g/mol. The van der Waals surface area contributed by atoms with Gasteiger partial charge in [-0.25, -0.2) is 0 Å². The summed E-state index contributed by atoms with van der Waals surface area (Å²) in [5, 5.41) is 9.35. The number of likely N-dealkylation sites (N-methyl/N-ethyl adjacent to an activating group) is 1. The van der Waals surface area contributed by atoms with Crippen molar-refractivity contribution in [2.45, 2.75) is 25.8 Å². The van der Waals surface area contributed by atoms with Crippen LogP contribution in [0.4, 0.5) is 0 Å². The summed E-state index contributed by atoms with van der Waals surface area (Å²) in [6.45, 7) is 7.92. The fraction of sp³-hybridized carbons (Fsp3) is 0.562. The summed E-state index contributed by atoms with van der Waals surface area (Å²) in [7, 11) is 2.11. The van der Waals surface area contributed by atoms with Gasteiger partial charge in [-0.15, -0.1) is 0 Å². The van der Waals surface area contributed by atoms with Gasteiger partial charge in [-0.1, -0.05) is 24.3 Å². The summed E-state index contributed by atoms with van der Waals surface area (Å²) in [5.74, 6) is -0.741. The predicted molar refractivity (Wildman–Crippen MR) is 79.9 cm³/mol. The molecule has 0 saturated carbocycles. The third-order valence-electron chi connectivity index (χ3n) is 4.42. The van der Waals surface area contributed by atoms with E-state index in [1.807, 2.05) is 12.1 Å². The van der Waals surface area contributed by atoms with Gasteiger partial charge in [0.15, 0.2) is 0 Å². The summed E-state index contributed by atoms with van der Waals surface area (Å²) >= 11 is 0. The Hall–Kier alpha value is -1.39. The van der Waals surface area contributed by atoms with Crippen LogP contribution in [0.15, 0.2) is 24.3 Å². The zero-order chi connectivity index (χ0) is 14.8. The molecule has 1 aromatic carbocycles. The molecule has 0 spiro atoms. The van der Waals surface area contributed by atoms with Crippen LogP contribution in [0.5, 0.6) is 0 Å². The van der Waals surface area contributed by atoms with E-state index in [4.69, 9.17) is 0 Å². The SMILES string of the molecule is Cc1ccccc1C(C)(CC(=O)O)N1CCN(C)CC1. The number of carboxylic acids is 1. The van der Waals surface area contributed by atoms with Crippen molar-refractivity contribution < 1.29 is 9.90 Å². The molecule has 0 amide bonds. The van der Waals surface area contributed by atoms with Crippen LogP contribution in [0.2, 0.25) is 0 Å². The molecule has 0 aromatic heterocycles. The summed E-state index contributed by atoms with van der Waals surface area (Å²) in [4.78, 5) is 16.0. The second kappa shape index (κ2) is 5.94. The van der Waals surface area contributed by atoms with Gasteiger partial charge < -0.3 is 10.0 Å². The average Bonchev–Trinajstić information content (AvgIpc) is 2.39. The van der Waals surface area contributed by atoms with Gasteiger partial charge in [0.05, 0.1) is 12.0 Å². The van der Waals surface area contributed by atoms with E-state index in [0.29, 0.717) is 0 Å². The highest BCUT2D eigenvalue weighted by Gasteiger charge is 2.38. The van der Waals surface area contributed by atoms with Crippen LogP contribution in [-0.4, -0.2) is 54.1 Å². The summed E-state index contributed by atoms with van der Waals surface area (Å²) < 4.78 is 0. The van der Waals surface area contributed by atoms with Crippen molar-refractivity contribution in [3.63, 3.8) is 0 Å². The number of aliphatic carboxylic acids is 1. The van der Waals surface area contributed by atoms with Crippen LogP contribution in [-0.2, 0) is 10.3 Å². The molecule has 2 rings (SSSR count). The molecule has 1 heterocycles. The molecule has 20 heavy (non-hydrogen) atoms. The molecule has 1 atom stereocenters. The molecule has 1 fully saturated rings. The Morgan fingerprint density at radius 2 is 1.85 bits per heavy atom. The van der Waals surface area contributed by atoms with Crippen LogP contribution in [0.1, 0.15) is 24.5 Å². The van der Waals surface area contributed by atoms with E-state index in [2.05, 4.69) is 42.8 Å². The third kappa shape index (κ3) is 3.02. The van der Waals surface area contributed by atoms with Gasteiger partial charge in [0.25, 0.3) is 0 Å². The number of benzene rings is 1. The maximum Gasteiger partial charge on any atom is 0.305 e. The summed E-state index contributed by atoms with van der Waals surface area (Å²) in [6.07, 6.45) is 0.140. The first kappa shape index (κ1) is 15.0. The van der Waals surface area contributed by atoms with Crippen LogP contribution in [0, 0.1) is 6.92 Å². The highest BCUT2D eigenvalue weighted by Crippen LogP contribution is 2.34. The molecule has 1 unspecified atom stereocenters. The first-order chi connectivity index (χ1) is 9.43. The molecule has 4 nitrogen and oxygen atoms in total. The molecule has 4 heteroatoms. The first-order valence-corrected chi connectivity index (χ1v) is 7.15. The van der Waals surface area contributed by atoms with Gasteiger partial charge in [-0.3, -0.25) is 9.69 Å². The highest BCUT2D eigenvalue weighted by atomic mass is 16.4. The minimum atomic E-state index is -0.741. The van der Waals surface area contributed by atoms with E-state index in [1.54, 1.807) is 0 Å². The molecule has 0 bridgehead atoms. The molecular formula is C16H24N2O2. The number of carboxylic acid groups (broad SMARTS) is 1. The maximum absolute atomic E-state index is 11.4. The molecule has 110 valence electrons. The Balaban J connectivity index is 2.35. The van der Waals surface area contributed by atoms with Gasteiger partial charge in [0.2, 0.25) is 0 Å². The number of carbonyl (C=O) groups is 1. The number of hydrogen-bond donors (Lipinski definition) is 1. The largest absolute Gasteiger partial charge is 0.481 e. The zero-order valence-corrected chi connectivity index (χ0v) is 12.6. The van der Waals surface area contributed by atoms with E-state index in [1.165, 1.54) is 0 Å². The van der Waals surface area contributed by atoms with Crippen molar-refractivity contribution in [2.24, 2.45) is 0 Å². The Bertz CT molecular complexity index is 481. The van der Waals surface area contributed by atoms with E-state index < -0.39 is 11.5 Å². The second-order valence-corrected chi connectivity index (χ2v) is 5.95. The highest BCUT2D eigenvalue weighted by molar-refractivity contribution is 5.69. The van der Waals surface area contributed by atoms with Gasteiger partial charge in [-0.05, 0) is 32.0 Å². The molecule has 0 aliphatic carbocycles. The van der Waals surface area contributed by atoms with Crippen molar-refractivity contribution in [3.8, 4) is 0 Å². The van der Waals surface area contributed by atoms with Crippen LogP contribution in [0.3, 0.4) is 0 Å². The van der Waals surface area contributed by atoms with Crippen LogP contribution >= 0.6 is 0 Å². The van der Waals surface area contributed by atoms with Crippen LogP contribution < -0.4 is 0 Å². The van der Waals surface area contributed by atoms with Crippen molar-refractivity contribution in [2.75, 3.05) is 33.2 Å². The molecule has 1 aromatic rings. The topological polar surface area (TPSA) is 43.8 Å². The lowest BCUT2D eigenvalue weighted by atomic mass is 9.83. The number of nitrogens with zero attached hydrogens (tertiary/aromatic N) is 2. The Morgan fingerprint density at radius 1 is 1.25 bits per heavy atom. The number of rotatable bonds is 4. The van der Waals surface area contributed by atoms with Crippen molar-refractivity contribution >= 4 is 5.97 Å². The van der Waals surface area contributed by atoms with E-state index in [9.17, 15) is 9.90 Å². The van der Waals surface area contributed by atoms with E-state index in [0.717, 1.165) is 37.3 Å².